The van der Waals surface area contributed by atoms with E-state index >= 15 is 0 Å². The minimum Gasteiger partial charge on any atom is -0.398 e. The molecule has 204 valence electrons. The smallest absolute Gasteiger partial charge is 0.0387 e. The second-order valence-corrected chi connectivity index (χ2v) is 11.0. The van der Waals surface area contributed by atoms with Crippen LogP contribution in [0.15, 0.2) is 151 Å². The average molecular weight is 542 g/mol. The summed E-state index contributed by atoms with van der Waals surface area (Å²) in [5, 5.41) is 7.48. The normalized spacial score (nSPS) is 12.8. The lowest BCUT2D eigenvalue weighted by molar-refractivity contribution is 1.34. The van der Waals surface area contributed by atoms with Crippen LogP contribution in [0.4, 0.5) is 0 Å². The van der Waals surface area contributed by atoms with Crippen LogP contribution in [0.5, 0.6) is 0 Å². The molecule has 0 amide bonds. The lowest BCUT2D eigenvalue weighted by Crippen LogP contribution is -1.97. The van der Waals surface area contributed by atoms with Crippen LogP contribution < -0.4 is 5.73 Å². The average Bonchev–Trinajstić information content (AvgIpc) is 3.02. The Morgan fingerprint density at radius 1 is 0.571 bits per heavy atom. The van der Waals surface area contributed by atoms with Gasteiger partial charge in [-0.3, -0.25) is 0 Å². The van der Waals surface area contributed by atoms with Gasteiger partial charge < -0.3 is 5.73 Å². The lowest BCUT2D eigenvalue weighted by Gasteiger charge is -2.18. The Morgan fingerprint density at radius 2 is 1.14 bits per heavy atom. The summed E-state index contributed by atoms with van der Waals surface area (Å²) in [4.78, 5) is 0. The van der Waals surface area contributed by atoms with E-state index in [4.69, 9.17) is 5.73 Å². The zero-order chi connectivity index (χ0) is 29.2. The molecule has 0 atom stereocenters. The first kappa shape index (κ1) is 27.1. The number of fused-ring (bicyclic) bond motifs is 3. The molecule has 0 saturated carbocycles. The Kier molecular flexibility index (Phi) is 7.33. The number of allylic oxidation sites excluding steroid dienone is 6. The van der Waals surface area contributed by atoms with Gasteiger partial charge in [0.15, 0.2) is 0 Å². The van der Waals surface area contributed by atoms with Crippen molar-refractivity contribution in [3.05, 3.63) is 162 Å². The first-order valence-electron chi connectivity index (χ1n) is 14.4. The fraction of sp³-hybridized carbons (Fsp3) is 0.0732. The molecule has 0 bridgehead atoms. The SMILES string of the molecule is C=C/C=C(C)/C(C)=C/C=C(\N)c1cccc(-c2c3ccccc3c(-c3ccc4ccc(C)cc4c3)c3ccccc23)c1. The Labute approximate surface area is 248 Å². The fourth-order valence-corrected chi connectivity index (χ4v) is 5.88. The van der Waals surface area contributed by atoms with Gasteiger partial charge in [-0.15, -0.1) is 0 Å². The highest BCUT2D eigenvalue weighted by Gasteiger charge is 2.17. The summed E-state index contributed by atoms with van der Waals surface area (Å²) in [6.45, 7) is 10.1. The molecule has 0 saturated heterocycles. The zero-order valence-corrected chi connectivity index (χ0v) is 24.5. The molecule has 0 aromatic heterocycles. The molecular formula is C41H35N. The molecule has 2 N–H and O–H groups in total. The van der Waals surface area contributed by atoms with Crippen molar-refractivity contribution in [1.82, 2.24) is 0 Å². The molecule has 6 aromatic carbocycles. The summed E-state index contributed by atoms with van der Waals surface area (Å²) >= 11 is 0. The third-order valence-corrected chi connectivity index (χ3v) is 8.20. The molecular weight excluding hydrogens is 506 g/mol. The number of benzene rings is 6. The predicted octanol–water partition coefficient (Wildman–Crippen LogP) is 11.2. The van der Waals surface area contributed by atoms with Gasteiger partial charge in [0.2, 0.25) is 0 Å². The van der Waals surface area contributed by atoms with Gasteiger partial charge in [-0.2, -0.15) is 0 Å². The van der Waals surface area contributed by atoms with E-state index in [1.807, 2.05) is 18.2 Å². The van der Waals surface area contributed by atoms with Crippen molar-refractivity contribution in [2.45, 2.75) is 20.8 Å². The molecule has 0 heterocycles. The Morgan fingerprint density at radius 3 is 1.76 bits per heavy atom. The number of hydrogen-bond donors (Lipinski definition) is 1. The Bertz CT molecular complexity index is 2030. The van der Waals surface area contributed by atoms with Gasteiger partial charge in [0.1, 0.15) is 0 Å². The largest absolute Gasteiger partial charge is 0.398 e. The number of rotatable bonds is 6. The van der Waals surface area contributed by atoms with Crippen molar-refractivity contribution in [3.63, 3.8) is 0 Å². The van der Waals surface area contributed by atoms with Gasteiger partial charge in [0.25, 0.3) is 0 Å². The van der Waals surface area contributed by atoms with Crippen LogP contribution in [0, 0.1) is 6.92 Å². The van der Waals surface area contributed by atoms with E-state index in [0.29, 0.717) is 0 Å². The van der Waals surface area contributed by atoms with Crippen molar-refractivity contribution in [3.8, 4) is 22.3 Å². The standard InChI is InChI=1S/C41H35N/c1-5-11-28(3)29(4)19-23-39(42)31-12-10-13-32(25-31)40-35-14-6-8-16-37(35)41(38-17-9-7-15-36(38)40)33-22-21-30-20-18-27(2)24-34(30)26-33/h5-26H,1,42H2,2-4H3/b28-11+,29-19+,39-23-. The van der Waals surface area contributed by atoms with Gasteiger partial charge in [0, 0.05) is 5.70 Å². The highest BCUT2D eigenvalue weighted by atomic mass is 14.6. The minimum atomic E-state index is 0.735. The summed E-state index contributed by atoms with van der Waals surface area (Å²) in [6, 6.07) is 39.7. The van der Waals surface area contributed by atoms with Crippen molar-refractivity contribution in [2.24, 2.45) is 5.73 Å². The molecule has 0 aliphatic rings. The molecule has 0 spiro atoms. The van der Waals surface area contributed by atoms with Crippen molar-refractivity contribution < 1.29 is 0 Å². The maximum Gasteiger partial charge on any atom is 0.0387 e. The number of aryl methyl sites for hydroxylation is 1. The maximum absolute atomic E-state index is 6.62. The van der Waals surface area contributed by atoms with E-state index < -0.39 is 0 Å². The first-order chi connectivity index (χ1) is 20.4. The monoisotopic (exact) mass is 541 g/mol. The number of hydrogen-bond acceptors (Lipinski definition) is 1. The van der Waals surface area contributed by atoms with E-state index in [1.54, 1.807) is 0 Å². The molecule has 6 rings (SSSR count). The first-order valence-corrected chi connectivity index (χ1v) is 14.4. The van der Waals surface area contributed by atoms with Crippen LogP contribution in [0.25, 0.3) is 60.3 Å². The quantitative estimate of drug-likeness (QED) is 0.165. The molecule has 42 heavy (non-hydrogen) atoms. The number of nitrogens with two attached hydrogens (primary N) is 1. The van der Waals surface area contributed by atoms with Crippen LogP contribution in [-0.2, 0) is 0 Å². The second-order valence-electron chi connectivity index (χ2n) is 11.0. The molecule has 0 unspecified atom stereocenters. The van der Waals surface area contributed by atoms with Crippen LogP contribution in [0.1, 0.15) is 25.0 Å². The van der Waals surface area contributed by atoms with Gasteiger partial charge in [-0.25, -0.2) is 0 Å². The van der Waals surface area contributed by atoms with E-state index in [-0.39, 0.29) is 0 Å². The Balaban J connectivity index is 1.56. The van der Waals surface area contributed by atoms with Gasteiger partial charge in [0.05, 0.1) is 0 Å². The van der Waals surface area contributed by atoms with Gasteiger partial charge in [-0.1, -0.05) is 127 Å². The predicted molar refractivity (Wildman–Crippen MR) is 184 cm³/mol. The van der Waals surface area contributed by atoms with Crippen LogP contribution in [-0.4, -0.2) is 0 Å². The van der Waals surface area contributed by atoms with E-state index in [2.05, 4.69) is 143 Å². The maximum atomic E-state index is 6.62. The zero-order valence-electron chi connectivity index (χ0n) is 24.5. The molecule has 0 fully saturated rings. The van der Waals surface area contributed by atoms with Crippen LogP contribution in [0.3, 0.4) is 0 Å². The van der Waals surface area contributed by atoms with Crippen molar-refractivity contribution in [1.29, 1.82) is 0 Å². The fourth-order valence-electron chi connectivity index (χ4n) is 5.88. The van der Waals surface area contributed by atoms with Crippen LogP contribution in [0.2, 0.25) is 0 Å². The molecule has 6 aromatic rings. The lowest BCUT2D eigenvalue weighted by atomic mass is 9.85. The van der Waals surface area contributed by atoms with Crippen molar-refractivity contribution in [2.75, 3.05) is 0 Å². The van der Waals surface area contributed by atoms with Crippen LogP contribution >= 0.6 is 0 Å². The van der Waals surface area contributed by atoms with Crippen molar-refractivity contribution >= 4 is 38.0 Å². The third kappa shape index (κ3) is 5.06. The molecule has 0 aliphatic carbocycles. The van der Waals surface area contributed by atoms with E-state index in [9.17, 15) is 0 Å². The molecule has 1 nitrogen and oxygen atoms in total. The minimum absolute atomic E-state index is 0.735. The second kappa shape index (κ2) is 11.4. The molecule has 0 radical (unpaired) electrons. The summed E-state index contributed by atoms with van der Waals surface area (Å²) in [5.74, 6) is 0. The van der Waals surface area contributed by atoms with E-state index in [1.165, 1.54) is 60.1 Å². The Hall–Kier alpha value is -5.14. The van der Waals surface area contributed by atoms with Gasteiger partial charge >= 0.3 is 0 Å². The highest BCUT2D eigenvalue weighted by Crippen LogP contribution is 2.44. The highest BCUT2D eigenvalue weighted by molar-refractivity contribution is 6.21. The van der Waals surface area contributed by atoms with E-state index in [0.717, 1.165) is 22.4 Å². The summed E-state index contributed by atoms with van der Waals surface area (Å²) in [5.41, 5.74) is 16.8. The van der Waals surface area contributed by atoms with Gasteiger partial charge in [-0.05, 0) is 110 Å². The topological polar surface area (TPSA) is 26.0 Å². The summed E-state index contributed by atoms with van der Waals surface area (Å²) in [7, 11) is 0. The summed E-state index contributed by atoms with van der Waals surface area (Å²) < 4.78 is 0. The molecule has 1 heteroatoms. The molecule has 0 aliphatic heterocycles. The third-order valence-electron chi connectivity index (χ3n) is 8.20. The summed E-state index contributed by atoms with van der Waals surface area (Å²) in [6.07, 6.45) is 7.89.